The van der Waals surface area contributed by atoms with Gasteiger partial charge in [-0.3, -0.25) is 4.57 Å². The number of aromatic nitrogens is 2. The number of nitrogens with zero attached hydrogens (tertiary/aromatic N) is 3. The van der Waals surface area contributed by atoms with Crippen molar-refractivity contribution in [1.29, 1.82) is 0 Å². The minimum atomic E-state index is 0.227. The van der Waals surface area contributed by atoms with Gasteiger partial charge >= 0.3 is 0 Å². The Morgan fingerprint density at radius 1 is 1.17 bits per heavy atom. The van der Waals surface area contributed by atoms with Crippen LogP contribution in [-0.4, -0.2) is 20.0 Å². The van der Waals surface area contributed by atoms with Crippen LogP contribution >= 0.6 is 15.9 Å². The summed E-state index contributed by atoms with van der Waals surface area (Å²) in [5.41, 5.74) is 4.36. The van der Waals surface area contributed by atoms with Crippen molar-refractivity contribution < 1.29 is 4.74 Å². The average molecular weight is 368 g/mol. The Balaban J connectivity index is 2.05. The lowest BCUT2D eigenvalue weighted by molar-refractivity contribution is -0.475. The molecular weight excluding hydrogens is 354 g/mol. The second-order valence-corrected chi connectivity index (χ2v) is 6.50. The smallest absolute Gasteiger partial charge is 0.228 e. The zero-order chi connectivity index (χ0) is 16.0. The maximum atomic E-state index is 12.9. The Morgan fingerprint density at radius 3 is 2.74 bits per heavy atom. The summed E-state index contributed by atoms with van der Waals surface area (Å²) in [4.78, 5) is 4.51. The summed E-state index contributed by atoms with van der Waals surface area (Å²) >= 11 is 3.52. The van der Waals surface area contributed by atoms with E-state index in [0.29, 0.717) is 5.71 Å². The molecule has 4 nitrogen and oxygen atoms in total. The molecule has 114 valence electrons. The van der Waals surface area contributed by atoms with Gasteiger partial charge in [0, 0.05) is 16.2 Å². The zero-order valence-corrected chi connectivity index (χ0v) is 14.1. The minimum absolute atomic E-state index is 0.227. The first-order valence-electron chi connectivity index (χ1n) is 7.35. The Hall–Kier alpha value is -2.40. The molecule has 3 aromatic rings. The second kappa shape index (κ2) is 5.35. The highest BCUT2D eigenvalue weighted by Crippen LogP contribution is 2.27. The van der Waals surface area contributed by atoms with E-state index in [9.17, 15) is 5.21 Å². The normalized spacial score (nSPS) is 13.5. The highest BCUT2D eigenvalue weighted by atomic mass is 79.9. The van der Waals surface area contributed by atoms with Gasteiger partial charge in [-0.15, -0.1) is 0 Å². The van der Waals surface area contributed by atoms with Gasteiger partial charge in [0.05, 0.1) is 16.9 Å². The molecule has 0 amide bonds. The van der Waals surface area contributed by atoms with Gasteiger partial charge in [-0.2, -0.15) is 4.74 Å². The molecule has 2 aromatic carbocycles. The van der Waals surface area contributed by atoms with Crippen molar-refractivity contribution in [3.8, 4) is 5.69 Å². The lowest BCUT2D eigenvalue weighted by atomic mass is 10.0. The van der Waals surface area contributed by atoms with E-state index in [1.165, 1.54) is 0 Å². The number of hydroxylamine groups is 1. The summed E-state index contributed by atoms with van der Waals surface area (Å²) in [5.74, 6) is 0.756. The molecule has 0 N–H and O–H groups in total. The molecule has 0 unspecified atom stereocenters. The first kappa shape index (κ1) is 14.2. The first-order valence-corrected chi connectivity index (χ1v) is 8.15. The third-order valence-electron chi connectivity index (χ3n) is 3.95. The molecule has 1 aliphatic rings. The predicted octanol–water partition coefficient (Wildman–Crippen LogP) is 3.80. The Morgan fingerprint density at radius 2 is 1.96 bits per heavy atom. The average Bonchev–Trinajstić information content (AvgIpc) is 2.84. The van der Waals surface area contributed by atoms with Gasteiger partial charge in [-0.25, -0.2) is 4.98 Å². The van der Waals surface area contributed by atoms with E-state index in [0.717, 1.165) is 37.5 Å². The van der Waals surface area contributed by atoms with Crippen LogP contribution in [0.1, 0.15) is 22.6 Å². The monoisotopic (exact) mass is 367 g/mol. The summed E-state index contributed by atoms with van der Waals surface area (Å²) < 4.78 is 3.99. The van der Waals surface area contributed by atoms with E-state index < -0.39 is 0 Å². The molecule has 0 atom stereocenters. The minimum Gasteiger partial charge on any atom is -0.623 e. The van der Waals surface area contributed by atoms with Crippen molar-refractivity contribution in [3.05, 3.63) is 87.1 Å². The van der Waals surface area contributed by atoms with Gasteiger partial charge in [-0.1, -0.05) is 34.1 Å². The summed E-state index contributed by atoms with van der Waals surface area (Å²) in [6.07, 6.45) is 1.98. The number of fused-ring (bicyclic) bond motifs is 3. The molecule has 5 heteroatoms. The van der Waals surface area contributed by atoms with Crippen LogP contribution in [0, 0.1) is 12.1 Å². The maximum Gasteiger partial charge on any atom is 0.228 e. The molecule has 0 spiro atoms. The van der Waals surface area contributed by atoms with E-state index in [1.54, 1.807) is 0 Å². The topological polar surface area (TPSA) is 43.9 Å². The second-order valence-electron chi connectivity index (χ2n) is 5.58. The van der Waals surface area contributed by atoms with Crippen molar-refractivity contribution in [1.82, 2.24) is 9.55 Å². The molecule has 0 fully saturated rings. The van der Waals surface area contributed by atoms with E-state index in [-0.39, 0.29) is 6.54 Å². The fraction of sp³-hybridized carbons (Fsp3) is 0.111. The van der Waals surface area contributed by atoms with Crippen molar-refractivity contribution in [3.63, 3.8) is 0 Å². The molecule has 1 aromatic heterocycles. The summed E-state index contributed by atoms with van der Waals surface area (Å²) in [6.45, 7) is 2.17. The van der Waals surface area contributed by atoms with Crippen LogP contribution in [0.3, 0.4) is 0 Å². The maximum absolute atomic E-state index is 12.9. The third kappa shape index (κ3) is 2.37. The number of rotatable bonds is 1. The third-order valence-corrected chi connectivity index (χ3v) is 4.45. The summed E-state index contributed by atoms with van der Waals surface area (Å²) in [5, 5.41) is 12.9. The van der Waals surface area contributed by atoms with Gasteiger partial charge in [0.15, 0.2) is 5.82 Å². The molecular formula is C18H14BrN3O. The zero-order valence-electron chi connectivity index (χ0n) is 12.5. The molecule has 0 bridgehead atoms. The molecule has 1 aliphatic heterocycles. The number of benzene rings is 2. The van der Waals surface area contributed by atoms with Gasteiger partial charge in [-0.05, 0) is 37.3 Å². The molecule has 0 radical (unpaired) electrons. The molecule has 4 rings (SSSR count). The fourth-order valence-corrected chi connectivity index (χ4v) is 3.37. The number of hydrogen-bond acceptors (Lipinski definition) is 2. The highest BCUT2D eigenvalue weighted by Gasteiger charge is 2.27. The van der Waals surface area contributed by atoms with Crippen LogP contribution < -0.4 is 0 Å². The van der Waals surface area contributed by atoms with E-state index in [1.807, 2.05) is 66.2 Å². The first-order chi connectivity index (χ1) is 11.1. The Labute approximate surface area is 142 Å². The van der Waals surface area contributed by atoms with Crippen molar-refractivity contribution in [2.45, 2.75) is 13.5 Å². The molecule has 0 saturated carbocycles. The van der Waals surface area contributed by atoms with Gasteiger partial charge in [0.2, 0.25) is 12.3 Å². The van der Waals surface area contributed by atoms with E-state index >= 15 is 0 Å². The van der Waals surface area contributed by atoms with Gasteiger partial charge in [0.1, 0.15) is 0 Å². The molecule has 2 heterocycles. The lowest BCUT2D eigenvalue weighted by Gasteiger charge is -2.11. The van der Waals surface area contributed by atoms with Crippen LogP contribution in [0.25, 0.3) is 5.69 Å². The number of aryl methyl sites for hydroxylation is 1. The van der Waals surface area contributed by atoms with Crippen molar-refractivity contribution in [2.75, 3.05) is 0 Å². The largest absolute Gasteiger partial charge is 0.623 e. The highest BCUT2D eigenvalue weighted by molar-refractivity contribution is 9.10. The SMILES string of the molecule is Cc1cn2c(n1)C[N+]([O-])=C(c1ccccc1)c1cc(Br)ccc1-2. The van der Waals surface area contributed by atoms with Crippen LogP contribution in [0.2, 0.25) is 0 Å². The summed E-state index contributed by atoms with van der Waals surface area (Å²) in [6, 6.07) is 15.8. The standard InChI is InChI=1S/C18H14BrN3O/c1-12-10-21-16-8-7-14(19)9-15(16)18(13-5-3-2-4-6-13)22(23)11-17(21)20-12/h2-10H,11H2,1H3. The van der Waals surface area contributed by atoms with Crippen LogP contribution in [0.15, 0.2) is 59.2 Å². The van der Waals surface area contributed by atoms with Crippen LogP contribution in [0.5, 0.6) is 0 Å². The van der Waals surface area contributed by atoms with E-state index in [2.05, 4.69) is 20.9 Å². The fourth-order valence-electron chi connectivity index (χ4n) is 3.01. The molecule has 0 saturated heterocycles. The Kier molecular flexibility index (Phi) is 3.31. The predicted molar refractivity (Wildman–Crippen MR) is 93.0 cm³/mol. The van der Waals surface area contributed by atoms with Gasteiger partial charge in [0.25, 0.3) is 0 Å². The lowest BCUT2D eigenvalue weighted by Crippen LogP contribution is -2.17. The number of hydrogen-bond donors (Lipinski definition) is 0. The number of imidazole rings is 1. The van der Waals surface area contributed by atoms with Crippen molar-refractivity contribution in [2.24, 2.45) is 0 Å². The van der Waals surface area contributed by atoms with Gasteiger partial charge < -0.3 is 5.21 Å². The van der Waals surface area contributed by atoms with Crippen LogP contribution in [0.4, 0.5) is 0 Å². The molecule has 0 aliphatic carbocycles. The van der Waals surface area contributed by atoms with Crippen LogP contribution in [-0.2, 0) is 6.54 Å². The summed E-state index contributed by atoms with van der Waals surface area (Å²) in [7, 11) is 0. The quantitative estimate of drug-likeness (QED) is 0.484. The van der Waals surface area contributed by atoms with E-state index in [4.69, 9.17) is 0 Å². The van der Waals surface area contributed by atoms with Crippen molar-refractivity contribution >= 4 is 21.6 Å². The number of halogens is 1. The Bertz CT molecular complexity index is 929. The molecule has 23 heavy (non-hydrogen) atoms.